The van der Waals surface area contributed by atoms with Gasteiger partial charge in [0.1, 0.15) is 17.4 Å². The van der Waals surface area contributed by atoms with Crippen LogP contribution in [0.5, 0.6) is 5.75 Å². The highest BCUT2D eigenvalue weighted by Gasteiger charge is 2.44. The van der Waals surface area contributed by atoms with Crippen molar-refractivity contribution < 1.29 is 35.5 Å². The van der Waals surface area contributed by atoms with E-state index in [1.165, 1.54) is 18.1 Å². The zero-order valence-corrected chi connectivity index (χ0v) is 24.3. The summed E-state index contributed by atoms with van der Waals surface area (Å²) in [5.41, 5.74) is 2.83. The van der Waals surface area contributed by atoms with Gasteiger partial charge in [-0.25, -0.2) is 22.0 Å². The highest BCUT2D eigenvalue weighted by atomic mass is 19.3. The molecule has 0 aromatic heterocycles. The summed E-state index contributed by atoms with van der Waals surface area (Å²) in [4.78, 5) is 0. The van der Waals surface area contributed by atoms with Gasteiger partial charge >= 0.3 is 6.11 Å². The van der Waals surface area contributed by atoms with Crippen LogP contribution in [0.4, 0.5) is 30.7 Å². The van der Waals surface area contributed by atoms with Crippen molar-refractivity contribution in [2.75, 3.05) is 0 Å². The number of rotatable bonds is 10. The summed E-state index contributed by atoms with van der Waals surface area (Å²) in [6, 6.07) is 17.3. The average Bonchev–Trinajstić information content (AvgIpc) is 3.00. The first kappa shape index (κ1) is 31.6. The molecule has 0 radical (unpaired) electrons. The molecule has 0 N–H and O–H groups in total. The molecule has 4 aromatic carbocycles. The molecule has 0 saturated heterocycles. The molecule has 0 heterocycles. The highest BCUT2D eigenvalue weighted by Crippen LogP contribution is 2.44. The second-order valence-corrected chi connectivity index (χ2v) is 11.5. The first-order valence-electron chi connectivity index (χ1n) is 15.0. The third-order valence-electron chi connectivity index (χ3n) is 8.49. The quantitative estimate of drug-likeness (QED) is 0.0981. The Morgan fingerprint density at radius 1 is 0.659 bits per heavy atom. The van der Waals surface area contributed by atoms with E-state index in [2.05, 4.69) is 19.1 Å². The Balaban J connectivity index is 1.20. The lowest BCUT2D eigenvalue weighted by atomic mass is 9.77. The first-order chi connectivity index (χ1) is 21.1. The summed E-state index contributed by atoms with van der Waals surface area (Å²) in [5, 5.41) is 0. The molecule has 232 valence electrons. The van der Waals surface area contributed by atoms with Crippen molar-refractivity contribution in [1.29, 1.82) is 0 Å². The smallest absolute Gasteiger partial charge is 0.400 e. The summed E-state index contributed by atoms with van der Waals surface area (Å²) < 4.78 is 105. The van der Waals surface area contributed by atoms with Crippen LogP contribution in [0.15, 0.2) is 72.8 Å². The van der Waals surface area contributed by atoms with Crippen LogP contribution in [-0.4, -0.2) is 6.11 Å². The monoisotopic (exact) mass is 614 g/mol. The summed E-state index contributed by atoms with van der Waals surface area (Å²) in [6.45, 7) is 2.16. The maximum Gasteiger partial charge on any atom is 0.400 e. The van der Waals surface area contributed by atoms with Crippen LogP contribution in [-0.2, 0) is 6.42 Å². The maximum atomic E-state index is 15.2. The summed E-state index contributed by atoms with van der Waals surface area (Å²) >= 11 is 0. The van der Waals surface area contributed by atoms with Crippen molar-refractivity contribution in [3.8, 4) is 28.0 Å². The second kappa shape index (κ2) is 13.4. The standard InChI is InChI=1S/C36H33F7O/c1-2-3-4-5-22-6-8-23(9-7-22)25-12-16-29(31(37)18-25)24-10-13-27(14-11-24)36(42,43)44-28-15-17-30(32(38)21-28)26-19-33(39)35(41)34(40)20-26/h6-9,12,15-21,24,27H,2-5,10-11,13-14H2,1H3. The van der Waals surface area contributed by atoms with Crippen molar-refractivity contribution >= 4 is 0 Å². The van der Waals surface area contributed by atoms with Crippen LogP contribution < -0.4 is 4.74 Å². The highest BCUT2D eigenvalue weighted by molar-refractivity contribution is 5.66. The topological polar surface area (TPSA) is 9.23 Å². The zero-order chi connectivity index (χ0) is 31.4. The maximum absolute atomic E-state index is 15.2. The number of halogens is 7. The molecule has 1 aliphatic carbocycles. The van der Waals surface area contributed by atoms with Crippen molar-refractivity contribution in [3.05, 3.63) is 113 Å². The van der Waals surface area contributed by atoms with Crippen LogP contribution >= 0.6 is 0 Å². The van der Waals surface area contributed by atoms with Gasteiger partial charge in [-0.1, -0.05) is 56.2 Å². The Labute approximate surface area is 252 Å². The molecule has 0 aliphatic heterocycles. The van der Waals surface area contributed by atoms with Crippen LogP contribution in [0.3, 0.4) is 0 Å². The first-order valence-corrected chi connectivity index (χ1v) is 15.0. The lowest BCUT2D eigenvalue weighted by Gasteiger charge is -2.33. The van der Waals surface area contributed by atoms with Crippen molar-refractivity contribution in [2.24, 2.45) is 5.92 Å². The van der Waals surface area contributed by atoms with Crippen LogP contribution in [0.1, 0.15) is 68.9 Å². The van der Waals surface area contributed by atoms with Gasteiger partial charge in [0.2, 0.25) is 0 Å². The molecule has 0 atom stereocenters. The molecule has 44 heavy (non-hydrogen) atoms. The lowest BCUT2D eigenvalue weighted by molar-refractivity contribution is -0.222. The predicted octanol–water partition coefficient (Wildman–Crippen LogP) is 11.4. The van der Waals surface area contributed by atoms with E-state index in [-0.39, 0.29) is 35.7 Å². The summed E-state index contributed by atoms with van der Waals surface area (Å²) in [7, 11) is 0. The molecule has 4 aromatic rings. The van der Waals surface area contributed by atoms with Gasteiger partial charge in [-0.3, -0.25) is 0 Å². The summed E-state index contributed by atoms with van der Waals surface area (Å²) in [5.74, 6) is -7.96. The largest absolute Gasteiger partial charge is 0.432 e. The summed E-state index contributed by atoms with van der Waals surface area (Å²) in [6.07, 6.45) is 1.69. The number of hydrogen-bond acceptors (Lipinski definition) is 1. The third kappa shape index (κ3) is 7.11. The van der Waals surface area contributed by atoms with Crippen LogP contribution in [0.2, 0.25) is 0 Å². The van der Waals surface area contributed by atoms with Gasteiger partial charge in [-0.15, -0.1) is 0 Å². The molecule has 5 rings (SSSR count). The van der Waals surface area contributed by atoms with Gasteiger partial charge in [0.15, 0.2) is 17.5 Å². The van der Waals surface area contributed by atoms with Gasteiger partial charge in [0.25, 0.3) is 0 Å². The molecular formula is C36H33F7O. The molecule has 0 spiro atoms. The van der Waals surface area contributed by atoms with E-state index < -0.39 is 41.0 Å². The molecule has 0 amide bonds. The van der Waals surface area contributed by atoms with E-state index in [1.807, 2.05) is 18.2 Å². The van der Waals surface area contributed by atoms with Gasteiger partial charge in [-0.05, 0) is 103 Å². The minimum Gasteiger partial charge on any atom is -0.432 e. The Morgan fingerprint density at radius 2 is 1.30 bits per heavy atom. The zero-order valence-electron chi connectivity index (χ0n) is 24.3. The number of alkyl halides is 2. The van der Waals surface area contributed by atoms with E-state index in [0.29, 0.717) is 36.6 Å². The number of benzene rings is 4. The van der Waals surface area contributed by atoms with Gasteiger partial charge in [0, 0.05) is 11.6 Å². The molecule has 1 nitrogen and oxygen atoms in total. The van der Waals surface area contributed by atoms with E-state index in [4.69, 9.17) is 4.74 Å². The molecule has 8 heteroatoms. The van der Waals surface area contributed by atoms with E-state index >= 15 is 13.2 Å². The second-order valence-electron chi connectivity index (χ2n) is 11.5. The molecule has 0 unspecified atom stereocenters. The molecular weight excluding hydrogens is 581 g/mol. The van der Waals surface area contributed by atoms with Crippen molar-refractivity contribution in [3.63, 3.8) is 0 Å². The third-order valence-corrected chi connectivity index (χ3v) is 8.49. The minimum atomic E-state index is -3.63. The van der Waals surface area contributed by atoms with Gasteiger partial charge in [-0.2, -0.15) is 8.78 Å². The minimum absolute atomic E-state index is 0.0764. The molecule has 1 saturated carbocycles. The molecule has 1 fully saturated rings. The number of hydrogen-bond donors (Lipinski definition) is 0. The van der Waals surface area contributed by atoms with E-state index in [1.54, 1.807) is 6.07 Å². The van der Waals surface area contributed by atoms with Crippen LogP contribution in [0, 0.1) is 35.0 Å². The van der Waals surface area contributed by atoms with Gasteiger partial charge in [0.05, 0.1) is 5.92 Å². The fourth-order valence-electron chi connectivity index (χ4n) is 5.97. The normalized spacial score (nSPS) is 17.1. The predicted molar refractivity (Wildman–Crippen MR) is 157 cm³/mol. The van der Waals surface area contributed by atoms with Crippen molar-refractivity contribution in [1.82, 2.24) is 0 Å². The van der Waals surface area contributed by atoms with E-state index in [9.17, 15) is 17.6 Å². The number of unbranched alkanes of at least 4 members (excludes halogenated alkanes) is 2. The fourth-order valence-corrected chi connectivity index (χ4v) is 5.97. The molecule has 1 aliphatic rings. The Kier molecular flexibility index (Phi) is 9.66. The van der Waals surface area contributed by atoms with Gasteiger partial charge < -0.3 is 4.74 Å². The Morgan fingerprint density at radius 3 is 1.91 bits per heavy atom. The Bertz CT molecular complexity index is 1570. The molecule has 0 bridgehead atoms. The van der Waals surface area contributed by atoms with E-state index in [0.717, 1.165) is 42.5 Å². The number of ether oxygens (including phenoxy) is 1. The fraction of sp³-hybridized carbons (Fsp3) is 0.333. The lowest BCUT2D eigenvalue weighted by Crippen LogP contribution is -2.37. The van der Waals surface area contributed by atoms with Crippen LogP contribution in [0.25, 0.3) is 22.3 Å². The SMILES string of the molecule is CCCCCc1ccc(-c2ccc(C3CCC(C(F)(F)Oc4ccc(-c5cc(F)c(F)c(F)c5)c(F)c4)CC3)c(F)c2)cc1. The van der Waals surface area contributed by atoms with Crippen molar-refractivity contribution in [2.45, 2.75) is 70.3 Å². The average molecular weight is 615 g/mol. The Hall–Kier alpha value is -3.81. The number of aryl methyl sites for hydroxylation is 1.